The van der Waals surface area contributed by atoms with E-state index in [1.54, 1.807) is 21.9 Å². The Balaban J connectivity index is 1.56. The number of anilines is 6. The molecule has 1 aliphatic rings. The first-order valence-corrected chi connectivity index (χ1v) is 14.1. The molecule has 0 spiro atoms. The molecular weight excluding hydrogens is 572 g/mol. The van der Waals surface area contributed by atoms with Gasteiger partial charge in [0.15, 0.2) is 34.7 Å². The maximum absolute atomic E-state index is 10.0. The van der Waals surface area contributed by atoms with Crippen LogP contribution in [0.25, 0.3) is 32.6 Å². The van der Waals surface area contributed by atoms with Gasteiger partial charge in [0.2, 0.25) is 0 Å². The molecule has 0 atom stereocenters. The summed E-state index contributed by atoms with van der Waals surface area (Å²) in [5, 5.41) is 43.3. The lowest BCUT2D eigenvalue weighted by Gasteiger charge is -2.37. The van der Waals surface area contributed by atoms with Crippen LogP contribution in [0.5, 0.6) is 0 Å². The molecule has 10 heteroatoms. The van der Waals surface area contributed by atoms with Gasteiger partial charge in [0.05, 0.1) is 33.5 Å². The average Bonchev–Trinajstić information content (AvgIpc) is 3.11. The van der Waals surface area contributed by atoms with E-state index in [4.69, 9.17) is 19.9 Å². The van der Waals surface area contributed by atoms with Gasteiger partial charge in [0.25, 0.3) is 0 Å². The minimum absolute atomic E-state index is 0.132. The van der Waals surface area contributed by atoms with Crippen molar-refractivity contribution in [2.24, 2.45) is 0 Å². The van der Waals surface area contributed by atoms with E-state index in [0.29, 0.717) is 34.0 Å². The molecular formula is C36H16N10. The van der Waals surface area contributed by atoms with Crippen molar-refractivity contribution >= 4 is 67.2 Å². The second-order valence-electron chi connectivity index (χ2n) is 10.4. The molecule has 7 aromatic rings. The molecule has 0 aliphatic carbocycles. The summed E-state index contributed by atoms with van der Waals surface area (Å²) in [4.78, 5) is 23.2. The quantitative estimate of drug-likeness (QED) is 0.199. The summed E-state index contributed by atoms with van der Waals surface area (Å²) in [6.45, 7) is 0. The van der Waals surface area contributed by atoms with Crippen LogP contribution < -0.4 is 9.80 Å². The fraction of sp³-hybridized carbons (Fsp3) is 0. The predicted molar refractivity (Wildman–Crippen MR) is 172 cm³/mol. The lowest BCUT2D eigenvalue weighted by molar-refractivity contribution is 0.993. The Labute approximate surface area is 261 Å². The molecule has 2 aromatic heterocycles. The van der Waals surface area contributed by atoms with Gasteiger partial charge in [-0.25, -0.2) is 19.9 Å². The Morgan fingerprint density at radius 3 is 1.24 bits per heavy atom. The second-order valence-corrected chi connectivity index (χ2v) is 10.4. The maximum Gasteiger partial charge on any atom is 0.184 e. The number of nitrogens with zero attached hydrogens (tertiary/aromatic N) is 10. The van der Waals surface area contributed by atoms with Crippen LogP contribution in [0.4, 0.5) is 34.6 Å². The summed E-state index contributed by atoms with van der Waals surface area (Å²) in [6.07, 6.45) is 0. The van der Waals surface area contributed by atoms with Crippen LogP contribution in [0.2, 0.25) is 0 Å². The molecule has 0 saturated heterocycles. The van der Waals surface area contributed by atoms with E-state index in [1.807, 2.05) is 97.1 Å². The van der Waals surface area contributed by atoms with Crippen LogP contribution in [0.15, 0.2) is 97.1 Å². The van der Waals surface area contributed by atoms with Crippen LogP contribution in [0, 0.1) is 45.3 Å². The van der Waals surface area contributed by atoms with E-state index in [9.17, 15) is 21.0 Å². The van der Waals surface area contributed by atoms with Gasteiger partial charge in [-0.15, -0.1) is 0 Å². The summed E-state index contributed by atoms with van der Waals surface area (Å²) in [6, 6.07) is 38.7. The van der Waals surface area contributed by atoms with E-state index < -0.39 is 0 Å². The fourth-order valence-corrected chi connectivity index (χ4v) is 5.91. The number of aromatic nitrogens is 4. The van der Waals surface area contributed by atoms with Crippen molar-refractivity contribution in [3.8, 4) is 24.3 Å². The van der Waals surface area contributed by atoms with Gasteiger partial charge in [-0.3, -0.25) is 9.80 Å². The van der Waals surface area contributed by atoms with Crippen molar-refractivity contribution in [3.05, 3.63) is 120 Å². The van der Waals surface area contributed by atoms with Crippen molar-refractivity contribution in [3.63, 3.8) is 0 Å². The molecule has 5 aromatic carbocycles. The van der Waals surface area contributed by atoms with Crippen molar-refractivity contribution < 1.29 is 0 Å². The number of hydrogen-bond acceptors (Lipinski definition) is 10. The lowest BCUT2D eigenvalue weighted by atomic mass is 10.1. The molecule has 0 bridgehead atoms. The first-order chi connectivity index (χ1) is 22.6. The van der Waals surface area contributed by atoms with Crippen LogP contribution in [-0.2, 0) is 0 Å². The van der Waals surface area contributed by atoms with Gasteiger partial charge in [0.1, 0.15) is 24.3 Å². The van der Waals surface area contributed by atoms with Crippen LogP contribution in [-0.4, -0.2) is 19.9 Å². The highest BCUT2D eigenvalue weighted by molar-refractivity contribution is 6.08. The topological polar surface area (TPSA) is 153 Å². The third-order valence-corrected chi connectivity index (χ3v) is 7.94. The van der Waals surface area contributed by atoms with E-state index in [0.717, 1.165) is 21.5 Å². The zero-order valence-corrected chi connectivity index (χ0v) is 23.7. The van der Waals surface area contributed by atoms with Crippen molar-refractivity contribution in [2.75, 3.05) is 9.80 Å². The Kier molecular flexibility index (Phi) is 5.77. The Morgan fingerprint density at radius 2 is 0.826 bits per heavy atom. The zero-order valence-electron chi connectivity index (χ0n) is 23.7. The van der Waals surface area contributed by atoms with Crippen LogP contribution in [0.3, 0.4) is 0 Å². The standard InChI is InChI=1S/C36H16N10/c37-17-23-15-27-28(16-24(23)18-38)42-34-33(41-27)45(31-13-5-9-21-7-1-3-11-25(21)31)35-36(44-30(20-40)29(19-39)43-35)46(34)32-14-6-10-22-8-2-4-12-26(22)32/h1-16H. The molecule has 3 heterocycles. The van der Waals surface area contributed by atoms with Crippen molar-refractivity contribution in [1.29, 1.82) is 21.0 Å². The summed E-state index contributed by atoms with van der Waals surface area (Å²) < 4.78 is 0. The normalized spacial score (nSPS) is 11.7. The molecule has 46 heavy (non-hydrogen) atoms. The third-order valence-electron chi connectivity index (χ3n) is 7.94. The molecule has 0 unspecified atom stereocenters. The first-order valence-electron chi connectivity index (χ1n) is 14.1. The molecule has 1 aliphatic heterocycles. The van der Waals surface area contributed by atoms with Gasteiger partial charge in [-0.1, -0.05) is 72.8 Å². The zero-order chi connectivity index (χ0) is 31.4. The van der Waals surface area contributed by atoms with Crippen LogP contribution in [0.1, 0.15) is 22.5 Å². The van der Waals surface area contributed by atoms with Crippen LogP contribution >= 0.6 is 0 Å². The van der Waals surface area contributed by atoms with Crippen molar-refractivity contribution in [2.45, 2.75) is 0 Å². The number of nitriles is 4. The monoisotopic (exact) mass is 588 g/mol. The van der Waals surface area contributed by atoms with Crippen molar-refractivity contribution in [1.82, 2.24) is 19.9 Å². The molecule has 8 rings (SSSR count). The van der Waals surface area contributed by atoms with Gasteiger partial charge in [-0.05, 0) is 35.0 Å². The number of hydrogen-bond donors (Lipinski definition) is 0. The molecule has 0 N–H and O–H groups in total. The summed E-state index contributed by atoms with van der Waals surface area (Å²) in [5.41, 5.74) is 2.26. The minimum Gasteiger partial charge on any atom is -0.272 e. The Morgan fingerprint density at radius 1 is 0.435 bits per heavy atom. The van der Waals surface area contributed by atoms with Gasteiger partial charge in [0, 0.05) is 10.8 Å². The molecule has 210 valence electrons. The minimum atomic E-state index is -0.132. The molecule has 0 fully saturated rings. The van der Waals surface area contributed by atoms with Gasteiger partial charge >= 0.3 is 0 Å². The SMILES string of the molecule is N#Cc1cc2nc3c(nc2cc1C#N)N(c1cccc2ccccc12)c1nc(C#N)c(C#N)nc1N3c1cccc2ccccc12. The molecule has 0 radical (unpaired) electrons. The smallest absolute Gasteiger partial charge is 0.184 e. The van der Waals surface area contributed by atoms with Gasteiger partial charge < -0.3 is 0 Å². The molecule has 10 nitrogen and oxygen atoms in total. The summed E-state index contributed by atoms with van der Waals surface area (Å²) in [7, 11) is 0. The fourth-order valence-electron chi connectivity index (χ4n) is 5.91. The van der Waals surface area contributed by atoms with E-state index in [2.05, 4.69) is 12.1 Å². The molecule has 0 amide bonds. The highest BCUT2D eigenvalue weighted by Crippen LogP contribution is 2.53. The average molecular weight is 589 g/mol. The number of benzene rings is 5. The largest absolute Gasteiger partial charge is 0.272 e. The van der Waals surface area contributed by atoms with E-state index >= 15 is 0 Å². The van der Waals surface area contributed by atoms with E-state index in [-0.39, 0.29) is 34.2 Å². The summed E-state index contributed by atoms with van der Waals surface area (Å²) in [5.74, 6) is 1.27. The maximum atomic E-state index is 10.0. The second kappa shape index (κ2) is 10.1. The van der Waals surface area contributed by atoms with E-state index in [1.165, 1.54) is 0 Å². The van der Waals surface area contributed by atoms with Gasteiger partial charge in [-0.2, -0.15) is 21.0 Å². The Bertz CT molecular complexity index is 2430. The predicted octanol–water partition coefficient (Wildman–Crippen LogP) is 7.47. The third kappa shape index (κ3) is 3.79. The Hall–Kier alpha value is -7.40. The summed E-state index contributed by atoms with van der Waals surface area (Å²) >= 11 is 0. The molecule has 0 saturated carbocycles. The highest BCUT2D eigenvalue weighted by atomic mass is 15.4. The number of fused-ring (bicyclic) bond motifs is 5. The highest BCUT2D eigenvalue weighted by Gasteiger charge is 2.38. The lowest BCUT2D eigenvalue weighted by Crippen LogP contribution is -2.29. The first kappa shape index (κ1) is 26.2. The number of rotatable bonds is 2.